The van der Waals surface area contributed by atoms with Crippen molar-refractivity contribution in [1.82, 2.24) is 9.97 Å². The largest absolute Gasteiger partial charge is 0.370 e. The van der Waals surface area contributed by atoms with Crippen LogP contribution in [0.5, 0.6) is 0 Å². The zero-order valence-electron chi connectivity index (χ0n) is 12.6. The predicted octanol–water partition coefficient (Wildman–Crippen LogP) is 3.10. The molecule has 1 saturated heterocycles. The zero-order valence-corrected chi connectivity index (χ0v) is 12.6. The summed E-state index contributed by atoms with van der Waals surface area (Å²) in [5.74, 6) is 2.86. The highest BCUT2D eigenvalue weighted by Gasteiger charge is 2.27. The van der Waals surface area contributed by atoms with E-state index in [1.807, 2.05) is 0 Å². The standard InChI is InChI=1S/C15H26N4/c1-5-13-14(16-6-2)17-10-18-15(13)19-9-7-8-11(3)12(19)4/h10-12H,5-9H2,1-4H3,(H,16,17,18). The van der Waals surface area contributed by atoms with Crippen LogP contribution in [0.25, 0.3) is 0 Å². The molecule has 4 nitrogen and oxygen atoms in total. The summed E-state index contributed by atoms with van der Waals surface area (Å²) in [5, 5.41) is 3.35. The van der Waals surface area contributed by atoms with Crippen molar-refractivity contribution in [3.63, 3.8) is 0 Å². The smallest absolute Gasteiger partial charge is 0.137 e. The van der Waals surface area contributed by atoms with Gasteiger partial charge in [0.1, 0.15) is 18.0 Å². The Bertz CT molecular complexity index is 419. The zero-order chi connectivity index (χ0) is 13.8. The van der Waals surface area contributed by atoms with Gasteiger partial charge in [-0.15, -0.1) is 0 Å². The number of rotatable bonds is 4. The quantitative estimate of drug-likeness (QED) is 0.905. The van der Waals surface area contributed by atoms with Crippen molar-refractivity contribution in [3.05, 3.63) is 11.9 Å². The SMILES string of the molecule is CCNc1ncnc(N2CCCC(C)C2C)c1CC. The third-order valence-electron chi connectivity index (χ3n) is 4.27. The third-order valence-corrected chi connectivity index (χ3v) is 4.27. The molecule has 1 aliphatic rings. The van der Waals surface area contributed by atoms with Crippen LogP contribution in [0, 0.1) is 5.92 Å². The highest BCUT2D eigenvalue weighted by molar-refractivity contribution is 5.59. The molecule has 0 bridgehead atoms. The van der Waals surface area contributed by atoms with E-state index in [4.69, 9.17) is 0 Å². The van der Waals surface area contributed by atoms with Crippen LogP contribution in [0.4, 0.5) is 11.6 Å². The second-order valence-electron chi connectivity index (χ2n) is 5.46. The minimum Gasteiger partial charge on any atom is -0.370 e. The molecular weight excluding hydrogens is 236 g/mol. The summed E-state index contributed by atoms with van der Waals surface area (Å²) in [4.78, 5) is 11.4. The summed E-state index contributed by atoms with van der Waals surface area (Å²) in [5.41, 5.74) is 1.25. The Hall–Kier alpha value is -1.32. The van der Waals surface area contributed by atoms with Gasteiger partial charge < -0.3 is 10.2 Å². The Labute approximate surface area is 116 Å². The molecule has 0 radical (unpaired) electrons. The first kappa shape index (κ1) is 14.1. The van der Waals surface area contributed by atoms with Gasteiger partial charge in [-0.2, -0.15) is 0 Å². The van der Waals surface area contributed by atoms with Gasteiger partial charge in [-0.05, 0) is 39.0 Å². The number of nitrogens with zero attached hydrogens (tertiary/aromatic N) is 3. The molecule has 0 amide bonds. The molecule has 1 aromatic heterocycles. The maximum absolute atomic E-state index is 4.58. The average Bonchev–Trinajstić information content (AvgIpc) is 2.42. The molecule has 19 heavy (non-hydrogen) atoms. The maximum Gasteiger partial charge on any atom is 0.137 e. The number of piperidine rings is 1. The Balaban J connectivity index is 2.35. The maximum atomic E-state index is 4.58. The van der Waals surface area contributed by atoms with E-state index in [9.17, 15) is 0 Å². The summed E-state index contributed by atoms with van der Waals surface area (Å²) in [6.07, 6.45) is 5.24. The summed E-state index contributed by atoms with van der Waals surface area (Å²) in [6, 6.07) is 0.559. The van der Waals surface area contributed by atoms with Crippen LogP contribution < -0.4 is 10.2 Å². The predicted molar refractivity (Wildman–Crippen MR) is 80.8 cm³/mol. The number of nitrogens with one attached hydrogen (secondary N) is 1. The molecule has 0 saturated carbocycles. The van der Waals surface area contributed by atoms with Crippen LogP contribution in [0.3, 0.4) is 0 Å². The van der Waals surface area contributed by atoms with Gasteiger partial charge in [-0.3, -0.25) is 0 Å². The second-order valence-corrected chi connectivity index (χ2v) is 5.46. The van der Waals surface area contributed by atoms with Crippen LogP contribution in [-0.2, 0) is 6.42 Å². The lowest BCUT2D eigenvalue weighted by Gasteiger charge is -2.39. The van der Waals surface area contributed by atoms with Gasteiger partial charge in [-0.25, -0.2) is 9.97 Å². The fraction of sp³-hybridized carbons (Fsp3) is 0.733. The molecule has 106 valence electrons. The van der Waals surface area contributed by atoms with Gasteiger partial charge in [-0.1, -0.05) is 13.8 Å². The first-order chi connectivity index (χ1) is 9.19. The van der Waals surface area contributed by atoms with Crippen molar-refractivity contribution in [1.29, 1.82) is 0 Å². The Morgan fingerprint density at radius 1 is 1.32 bits per heavy atom. The lowest BCUT2D eigenvalue weighted by molar-refractivity contribution is 0.361. The lowest BCUT2D eigenvalue weighted by Crippen LogP contribution is -2.43. The molecule has 2 unspecified atom stereocenters. The highest BCUT2D eigenvalue weighted by atomic mass is 15.2. The second kappa shape index (κ2) is 6.22. The lowest BCUT2D eigenvalue weighted by atomic mass is 9.91. The minimum absolute atomic E-state index is 0.559. The normalized spacial score (nSPS) is 23.5. The molecule has 0 aromatic carbocycles. The fourth-order valence-corrected chi connectivity index (χ4v) is 2.93. The van der Waals surface area contributed by atoms with Crippen LogP contribution >= 0.6 is 0 Å². The summed E-state index contributed by atoms with van der Waals surface area (Å²) in [6.45, 7) is 11.0. The molecule has 0 aliphatic carbocycles. The first-order valence-corrected chi connectivity index (χ1v) is 7.53. The average molecular weight is 262 g/mol. The van der Waals surface area contributed by atoms with Crippen molar-refractivity contribution >= 4 is 11.6 Å². The molecule has 1 fully saturated rings. The number of anilines is 2. The van der Waals surface area contributed by atoms with Gasteiger partial charge in [0.25, 0.3) is 0 Å². The molecule has 4 heteroatoms. The molecule has 0 spiro atoms. The van der Waals surface area contributed by atoms with Crippen molar-refractivity contribution in [2.45, 2.75) is 53.0 Å². The molecule has 2 atom stereocenters. The van der Waals surface area contributed by atoms with E-state index >= 15 is 0 Å². The third kappa shape index (κ3) is 2.82. The number of hydrogen-bond donors (Lipinski definition) is 1. The van der Waals surface area contributed by atoms with Crippen molar-refractivity contribution in [2.24, 2.45) is 5.92 Å². The topological polar surface area (TPSA) is 41.1 Å². The van der Waals surface area contributed by atoms with Gasteiger partial charge >= 0.3 is 0 Å². The minimum atomic E-state index is 0.559. The summed E-state index contributed by atoms with van der Waals surface area (Å²) >= 11 is 0. The van der Waals surface area contributed by atoms with E-state index in [-0.39, 0.29) is 0 Å². The molecule has 1 aliphatic heterocycles. The van der Waals surface area contributed by atoms with Gasteiger partial charge in [0.15, 0.2) is 0 Å². The molecule has 1 N–H and O–H groups in total. The fourth-order valence-electron chi connectivity index (χ4n) is 2.93. The highest BCUT2D eigenvalue weighted by Crippen LogP contribution is 2.31. The van der Waals surface area contributed by atoms with Crippen LogP contribution in [0.1, 0.15) is 46.1 Å². The van der Waals surface area contributed by atoms with E-state index in [1.54, 1.807) is 6.33 Å². The molecular formula is C15H26N4. The van der Waals surface area contributed by atoms with E-state index in [0.717, 1.165) is 37.1 Å². The molecule has 1 aromatic rings. The monoisotopic (exact) mass is 262 g/mol. The Morgan fingerprint density at radius 3 is 2.79 bits per heavy atom. The Kier molecular flexibility index (Phi) is 4.61. The molecule has 2 heterocycles. The number of hydrogen-bond acceptors (Lipinski definition) is 4. The van der Waals surface area contributed by atoms with Crippen LogP contribution in [-0.4, -0.2) is 29.1 Å². The van der Waals surface area contributed by atoms with Crippen molar-refractivity contribution in [2.75, 3.05) is 23.3 Å². The summed E-state index contributed by atoms with van der Waals surface area (Å²) < 4.78 is 0. The van der Waals surface area contributed by atoms with Crippen LogP contribution in [0.15, 0.2) is 6.33 Å². The van der Waals surface area contributed by atoms with Gasteiger partial charge in [0.05, 0.1) is 0 Å². The Morgan fingerprint density at radius 2 is 2.11 bits per heavy atom. The van der Waals surface area contributed by atoms with Gasteiger partial charge in [0.2, 0.25) is 0 Å². The van der Waals surface area contributed by atoms with Crippen molar-refractivity contribution < 1.29 is 0 Å². The number of aromatic nitrogens is 2. The summed E-state index contributed by atoms with van der Waals surface area (Å²) in [7, 11) is 0. The first-order valence-electron chi connectivity index (χ1n) is 7.53. The van der Waals surface area contributed by atoms with E-state index in [1.165, 1.54) is 18.4 Å². The van der Waals surface area contributed by atoms with E-state index < -0.39 is 0 Å². The van der Waals surface area contributed by atoms with Crippen LogP contribution in [0.2, 0.25) is 0 Å². The van der Waals surface area contributed by atoms with E-state index in [2.05, 4.69) is 47.9 Å². The van der Waals surface area contributed by atoms with Crippen molar-refractivity contribution in [3.8, 4) is 0 Å². The van der Waals surface area contributed by atoms with E-state index in [0.29, 0.717) is 6.04 Å². The van der Waals surface area contributed by atoms with Gasteiger partial charge in [0, 0.05) is 24.7 Å². The molecule has 2 rings (SSSR count).